The van der Waals surface area contributed by atoms with Crippen LogP contribution in [-0.2, 0) is 29.2 Å². The van der Waals surface area contributed by atoms with E-state index in [1.54, 1.807) is 0 Å². The first kappa shape index (κ1) is 26.8. The molecule has 31 heavy (non-hydrogen) atoms. The molecule has 0 saturated carbocycles. The number of ether oxygens (including phenoxy) is 1. The van der Waals surface area contributed by atoms with Gasteiger partial charge in [0.05, 0.1) is 18.8 Å². The van der Waals surface area contributed by atoms with E-state index >= 15 is 0 Å². The molecular formula is C20H33N3O7S. The van der Waals surface area contributed by atoms with Crippen LogP contribution in [0, 0.1) is 11.3 Å². The number of nitrogens with two attached hydrogens (primary N) is 1. The smallest absolute Gasteiger partial charge is 0.325 e. The van der Waals surface area contributed by atoms with Crippen LogP contribution in [0.2, 0.25) is 0 Å². The normalized spacial score (nSPS) is 17.1. The topological polar surface area (TPSA) is 165 Å². The van der Waals surface area contributed by atoms with Crippen molar-refractivity contribution in [2.75, 3.05) is 25.4 Å². The van der Waals surface area contributed by atoms with E-state index in [1.807, 2.05) is 33.8 Å². The van der Waals surface area contributed by atoms with E-state index < -0.39 is 33.2 Å². The zero-order valence-corrected chi connectivity index (χ0v) is 19.3. The minimum atomic E-state index is -4.07. The van der Waals surface area contributed by atoms with E-state index in [4.69, 9.17) is 15.0 Å². The van der Waals surface area contributed by atoms with Gasteiger partial charge in [0.15, 0.2) is 0 Å². The van der Waals surface area contributed by atoms with E-state index in [1.165, 1.54) is 0 Å². The molecule has 0 bridgehead atoms. The van der Waals surface area contributed by atoms with Crippen LogP contribution in [0.1, 0.15) is 47.0 Å². The fourth-order valence-corrected chi connectivity index (χ4v) is 4.14. The molecule has 0 heterocycles. The lowest BCUT2D eigenvalue weighted by atomic mass is 9.73. The van der Waals surface area contributed by atoms with E-state index in [2.05, 4.69) is 10.6 Å². The Balaban J connectivity index is 2.67. The molecular weight excluding hydrogens is 426 g/mol. The SMILES string of the molecule is CC1=C(C(C)(C)CC(=O)NCC(=O)NCCCS(=O)(=O)O)C(OC(=O)CN)=CC(C)C1. The second-order valence-corrected chi connectivity index (χ2v) is 9.94. The minimum Gasteiger partial charge on any atom is -0.426 e. The molecule has 0 fully saturated rings. The second-order valence-electron chi connectivity index (χ2n) is 8.37. The monoisotopic (exact) mass is 459 g/mol. The lowest BCUT2D eigenvalue weighted by molar-refractivity contribution is -0.137. The van der Waals surface area contributed by atoms with Crippen molar-refractivity contribution in [3.63, 3.8) is 0 Å². The highest BCUT2D eigenvalue weighted by Crippen LogP contribution is 2.42. The Labute approximate surface area is 183 Å². The van der Waals surface area contributed by atoms with E-state index in [-0.39, 0.29) is 44.3 Å². The number of allylic oxidation sites excluding steroid dienone is 3. The molecule has 0 aliphatic heterocycles. The zero-order valence-electron chi connectivity index (χ0n) is 18.5. The average molecular weight is 460 g/mol. The van der Waals surface area contributed by atoms with E-state index in [0.29, 0.717) is 5.76 Å². The van der Waals surface area contributed by atoms with Gasteiger partial charge >= 0.3 is 5.97 Å². The van der Waals surface area contributed by atoms with Crippen molar-refractivity contribution < 1.29 is 32.1 Å². The van der Waals surface area contributed by atoms with Crippen LogP contribution in [0.15, 0.2) is 23.0 Å². The van der Waals surface area contributed by atoms with Crippen molar-refractivity contribution in [2.45, 2.75) is 47.0 Å². The summed E-state index contributed by atoms with van der Waals surface area (Å²) in [6, 6.07) is 0. The predicted molar refractivity (Wildman–Crippen MR) is 115 cm³/mol. The van der Waals surface area contributed by atoms with Crippen molar-refractivity contribution in [1.82, 2.24) is 10.6 Å². The van der Waals surface area contributed by atoms with Crippen LogP contribution in [-0.4, -0.2) is 56.1 Å². The molecule has 0 aromatic rings. The van der Waals surface area contributed by atoms with Gasteiger partial charge in [0.25, 0.3) is 10.1 Å². The molecule has 10 nitrogen and oxygen atoms in total. The number of nitrogens with one attached hydrogen (secondary N) is 2. The molecule has 0 spiro atoms. The van der Waals surface area contributed by atoms with Crippen LogP contribution < -0.4 is 16.4 Å². The van der Waals surface area contributed by atoms with Gasteiger partial charge in [-0.05, 0) is 37.3 Å². The summed E-state index contributed by atoms with van der Waals surface area (Å²) in [6.07, 6.45) is 2.75. The summed E-state index contributed by atoms with van der Waals surface area (Å²) in [5, 5.41) is 5.00. The number of amides is 2. The van der Waals surface area contributed by atoms with Gasteiger partial charge in [-0.15, -0.1) is 0 Å². The maximum atomic E-state index is 12.4. The van der Waals surface area contributed by atoms with Gasteiger partial charge < -0.3 is 21.1 Å². The number of carbonyl (C=O) groups excluding carboxylic acids is 3. The Morgan fingerprint density at radius 3 is 2.48 bits per heavy atom. The van der Waals surface area contributed by atoms with Crippen LogP contribution >= 0.6 is 0 Å². The summed E-state index contributed by atoms with van der Waals surface area (Å²) < 4.78 is 35.3. The van der Waals surface area contributed by atoms with Crippen molar-refractivity contribution >= 4 is 27.9 Å². The van der Waals surface area contributed by atoms with Crippen molar-refractivity contribution in [3.05, 3.63) is 23.0 Å². The first-order valence-corrected chi connectivity index (χ1v) is 11.7. The molecule has 176 valence electrons. The zero-order chi connectivity index (χ0) is 23.8. The summed E-state index contributed by atoms with van der Waals surface area (Å²) in [4.78, 5) is 36.0. The Kier molecular flexibility index (Phi) is 9.85. The molecule has 0 aromatic heterocycles. The molecule has 11 heteroatoms. The molecule has 1 unspecified atom stereocenters. The molecule has 1 aliphatic rings. The van der Waals surface area contributed by atoms with E-state index in [9.17, 15) is 22.8 Å². The molecule has 0 aromatic carbocycles. The van der Waals surface area contributed by atoms with Crippen LogP contribution in [0.3, 0.4) is 0 Å². The molecule has 0 saturated heterocycles. The van der Waals surface area contributed by atoms with Crippen molar-refractivity contribution in [1.29, 1.82) is 0 Å². The van der Waals surface area contributed by atoms with Gasteiger partial charge in [-0.25, -0.2) is 0 Å². The number of esters is 1. The summed E-state index contributed by atoms with van der Waals surface area (Å²) >= 11 is 0. The maximum absolute atomic E-state index is 12.4. The third kappa shape index (κ3) is 9.62. The van der Waals surface area contributed by atoms with Crippen molar-refractivity contribution in [3.8, 4) is 0 Å². The lowest BCUT2D eigenvalue weighted by Crippen LogP contribution is -2.39. The third-order valence-electron chi connectivity index (χ3n) is 4.75. The molecule has 2 amide bonds. The molecule has 1 rings (SSSR count). The highest BCUT2D eigenvalue weighted by Gasteiger charge is 2.34. The van der Waals surface area contributed by atoms with Gasteiger partial charge in [-0.3, -0.25) is 18.9 Å². The Morgan fingerprint density at radius 1 is 1.26 bits per heavy atom. The summed E-state index contributed by atoms with van der Waals surface area (Å²) in [5.41, 5.74) is 6.49. The van der Waals surface area contributed by atoms with Gasteiger partial charge in [-0.2, -0.15) is 8.42 Å². The second kappa shape index (κ2) is 11.4. The molecule has 1 atom stereocenters. The highest BCUT2D eigenvalue weighted by molar-refractivity contribution is 7.85. The van der Waals surface area contributed by atoms with Gasteiger partial charge in [-0.1, -0.05) is 26.3 Å². The first-order chi connectivity index (χ1) is 14.2. The third-order valence-corrected chi connectivity index (χ3v) is 5.56. The summed E-state index contributed by atoms with van der Waals surface area (Å²) in [7, 11) is -4.07. The number of hydrogen-bond donors (Lipinski definition) is 4. The average Bonchev–Trinajstić information content (AvgIpc) is 2.61. The minimum absolute atomic E-state index is 0.0571. The number of hydrogen-bond acceptors (Lipinski definition) is 7. The van der Waals surface area contributed by atoms with Crippen LogP contribution in [0.4, 0.5) is 0 Å². The fourth-order valence-electron chi connectivity index (χ4n) is 3.63. The fraction of sp³-hybridized carbons (Fsp3) is 0.650. The maximum Gasteiger partial charge on any atom is 0.325 e. The first-order valence-electron chi connectivity index (χ1n) is 10.1. The summed E-state index contributed by atoms with van der Waals surface area (Å²) in [5.74, 6) is -1.25. The van der Waals surface area contributed by atoms with Gasteiger partial charge in [0, 0.05) is 18.4 Å². The van der Waals surface area contributed by atoms with Crippen LogP contribution in [0.5, 0.6) is 0 Å². The van der Waals surface area contributed by atoms with E-state index in [0.717, 1.165) is 17.6 Å². The molecule has 1 aliphatic carbocycles. The van der Waals surface area contributed by atoms with Crippen molar-refractivity contribution in [2.24, 2.45) is 17.1 Å². The number of rotatable bonds is 11. The molecule has 5 N–H and O–H groups in total. The quantitative estimate of drug-likeness (QED) is 0.199. The largest absolute Gasteiger partial charge is 0.426 e. The summed E-state index contributed by atoms with van der Waals surface area (Å²) in [6.45, 7) is 7.21. The Bertz CT molecular complexity index is 860. The Morgan fingerprint density at radius 2 is 1.90 bits per heavy atom. The standard InChI is InChI=1S/C20H33N3O7S/c1-13-8-14(2)19(15(9-13)30-18(26)11-21)20(3,4)10-16(24)23-12-17(25)22-6-5-7-31(27,28)29/h9,13H,5-8,10-12,21H2,1-4H3,(H,22,25)(H,23,24)(H,27,28,29). The predicted octanol–water partition coefficient (Wildman–Crippen LogP) is 0.655. The lowest BCUT2D eigenvalue weighted by Gasteiger charge is -2.34. The van der Waals surface area contributed by atoms with Gasteiger partial charge in [0.2, 0.25) is 11.8 Å². The van der Waals surface area contributed by atoms with Crippen LogP contribution in [0.25, 0.3) is 0 Å². The Hall–Kier alpha value is -2.24. The molecule has 0 radical (unpaired) electrons. The van der Waals surface area contributed by atoms with Gasteiger partial charge in [0.1, 0.15) is 5.76 Å². The number of carbonyl (C=O) groups is 3. The highest BCUT2D eigenvalue weighted by atomic mass is 32.2.